The van der Waals surface area contributed by atoms with E-state index in [1.54, 1.807) is 0 Å². The molecule has 0 saturated heterocycles. The van der Waals surface area contributed by atoms with E-state index in [0.717, 1.165) is 38.0 Å². The zero-order valence-corrected chi connectivity index (χ0v) is 10.4. The van der Waals surface area contributed by atoms with Gasteiger partial charge >= 0.3 is 0 Å². The fraction of sp³-hybridized carbons (Fsp3) is 0.500. The van der Waals surface area contributed by atoms with Crippen molar-refractivity contribution in [3.05, 3.63) is 29.8 Å². The fourth-order valence-electron chi connectivity index (χ4n) is 1.64. The predicted molar refractivity (Wildman–Crippen MR) is 69.0 cm³/mol. The normalized spacial score (nSPS) is 10.2. The van der Waals surface area contributed by atoms with E-state index in [0.29, 0.717) is 6.42 Å². The van der Waals surface area contributed by atoms with Gasteiger partial charge in [-0.15, -0.1) is 0 Å². The molecule has 94 valence electrons. The number of nitrogens with two attached hydrogens (primary N) is 1. The van der Waals surface area contributed by atoms with Crippen LogP contribution >= 0.6 is 0 Å². The number of unbranched alkanes of at least 4 members (excludes halogenated alkanes) is 1. The molecule has 0 radical (unpaired) electrons. The van der Waals surface area contributed by atoms with Crippen molar-refractivity contribution in [1.29, 1.82) is 0 Å². The third-order valence-electron chi connectivity index (χ3n) is 2.51. The molecule has 17 heavy (non-hydrogen) atoms. The summed E-state index contributed by atoms with van der Waals surface area (Å²) in [6.45, 7) is 2.85. The molecule has 3 nitrogen and oxygen atoms in total. The highest BCUT2D eigenvalue weighted by Crippen LogP contribution is 2.15. The van der Waals surface area contributed by atoms with Gasteiger partial charge in [0.1, 0.15) is 5.75 Å². The molecule has 0 fully saturated rings. The van der Waals surface area contributed by atoms with Crippen LogP contribution in [-0.4, -0.2) is 12.5 Å². The molecule has 0 bridgehead atoms. The Morgan fingerprint density at radius 2 is 2.18 bits per heavy atom. The number of amides is 1. The van der Waals surface area contributed by atoms with E-state index in [4.69, 9.17) is 10.5 Å². The van der Waals surface area contributed by atoms with Gasteiger partial charge in [0.05, 0.1) is 6.61 Å². The molecular formula is C14H21NO2. The van der Waals surface area contributed by atoms with Gasteiger partial charge in [-0.3, -0.25) is 4.79 Å². The Morgan fingerprint density at radius 3 is 2.88 bits per heavy atom. The van der Waals surface area contributed by atoms with Crippen LogP contribution in [0.15, 0.2) is 24.3 Å². The summed E-state index contributed by atoms with van der Waals surface area (Å²) in [5, 5.41) is 0. The molecule has 0 heterocycles. The maximum absolute atomic E-state index is 10.6. The minimum absolute atomic E-state index is 0.218. The average molecular weight is 235 g/mol. The lowest BCUT2D eigenvalue weighted by atomic mass is 10.1. The molecule has 1 aromatic carbocycles. The van der Waals surface area contributed by atoms with Gasteiger partial charge in [0.15, 0.2) is 0 Å². The summed E-state index contributed by atoms with van der Waals surface area (Å²) in [5.41, 5.74) is 6.34. The van der Waals surface area contributed by atoms with Crippen molar-refractivity contribution >= 4 is 5.91 Å². The van der Waals surface area contributed by atoms with Crippen molar-refractivity contribution in [3.63, 3.8) is 0 Å². The van der Waals surface area contributed by atoms with Crippen molar-refractivity contribution in [2.24, 2.45) is 5.73 Å². The second-order valence-electron chi connectivity index (χ2n) is 4.17. The molecule has 0 aliphatic heterocycles. The van der Waals surface area contributed by atoms with Crippen LogP contribution in [0.25, 0.3) is 0 Å². The summed E-state index contributed by atoms with van der Waals surface area (Å²) in [7, 11) is 0. The standard InChI is InChI=1S/C14H21NO2/c1-2-10-17-13-8-5-7-12(11-13)6-3-4-9-14(15)16/h5,7-8,11H,2-4,6,9-10H2,1H3,(H2,15,16). The van der Waals surface area contributed by atoms with Crippen LogP contribution in [0.3, 0.4) is 0 Å². The maximum Gasteiger partial charge on any atom is 0.217 e. The van der Waals surface area contributed by atoms with E-state index < -0.39 is 0 Å². The smallest absolute Gasteiger partial charge is 0.217 e. The number of benzene rings is 1. The van der Waals surface area contributed by atoms with Crippen LogP contribution in [0.5, 0.6) is 5.75 Å². The van der Waals surface area contributed by atoms with Crippen LogP contribution in [-0.2, 0) is 11.2 Å². The molecule has 0 spiro atoms. The lowest BCUT2D eigenvalue weighted by Crippen LogP contribution is -2.09. The lowest BCUT2D eigenvalue weighted by molar-refractivity contribution is -0.118. The largest absolute Gasteiger partial charge is 0.494 e. The summed E-state index contributed by atoms with van der Waals surface area (Å²) in [6.07, 6.45) is 4.31. The molecule has 0 saturated carbocycles. The Labute approximate surface area is 103 Å². The highest BCUT2D eigenvalue weighted by atomic mass is 16.5. The van der Waals surface area contributed by atoms with Gasteiger partial charge in [0.25, 0.3) is 0 Å². The number of hydrogen-bond acceptors (Lipinski definition) is 2. The second-order valence-corrected chi connectivity index (χ2v) is 4.17. The Kier molecular flexibility index (Phi) is 6.15. The van der Waals surface area contributed by atoms with E-state index in [-0.39, 0.29) is 5.91 Å². The van der Waals surface area contributed by atoms with E-state index in [2.05, 4.69) is 19.1 Å². The quantitative estimate of drug-likeness (QED) is 0.704. The summed E-state index contributed by atoms with van der Waals surface area (Å²) in [6, 6.07) is 8.14. The number of primary amides is 1. The van der Waals surface area contributed by atoms with E-state index in [9.17, 15) is 4.79 Å². The molecule has 0 atom stereocenters. The van der Waals surface area contributed by atoms with Gasteiger partial charge in [-0.2, -0.15) is 0 Å². The van der Waals surface area contributed by atoms with E-state index in [1.165, 1.54) is 5.56 Å². The highest BCUT2D eigenvalue weighted by molar-refractivity contribution is 5.73. The first-order valence-electron chi connectivity index (χ1n) is 6.22. The van der Waals surface area contributed by atoms with Crippen molar-refractivity contribution in [1.82, 2.24) is 0 Å². The molecule has 1 rings (SSSR count). The number of rotatable bonds is 8. The van der Waals surface area contributed by atoms with Crippen molar-refractivity contribution in [2.45, 2.75) is 39.0 Å². The van der Waals surface area contributed by atoms with Gasteiger partial charge in [-0.1, -0.05) is 19.1 Å². The maximum atomic E-state index is 10.6. The Morgan fingerprint density at radius 1 is 1.35 bits per heavy atom. The van der Waals surface area contributed by atoms with Crippen LogP contribution in [0, 0.1) is 0 Å². The van der Waals surface area contributed by atoms with Gasteiger partial charge < -0.3 is 10.5 Å². The number of ether oxygens (including phenoxy) is 1. The molecule has 1 amide bonds. The van der Waals surface area contributed by atoms with Crippen LogP contribution < -0.4 is 10.5 Å². The predicted octanol–water partition coefficient (Wildman–Crippen LogP) is 2.67. The zero-order valence-electron chi connectivity index (χ0n) is 10.4. The molecule has 1 aromatic rings. The minimum atomic E-state index is -0.218. The Hall–Kier alpha value is -1.51. The van der Waals surface area contributed by atoms with Crippen LogP contribution in [0.1, 0.15) is 38.2 Å². The van der Waals surface area contributed by atoms with Crippen LogP contribution in [0.4, 0.5) is 0 Å². The Balaban J connectivity index is 2.34. The lowest BCUT2D eigenvalue weighted by Gasteiger charge is -2.06. The summed E-state index contributed by atoms with van der Waals surface area (Å²) in [5.74, 6) is 0.712. The first-order valence-corrected chi connectivity index (χ1v) is 6.22. The molecule has 0 aliphatic carbocycles. The Bertz CT molecular complexity index is 350. The third-order valence-corrected chi connectivity index (χ3v) is 2.51. The number of hydrogen-bond donors (Lipinski definition) is 1. The molecule has 0 aromatic heterocycles. The highest BCUT2D eigenvalue weighted by Gasteiger charge is 1.98. The monoisotopic (exact) mass is 235 g/mol. The number of carbonyl (C=O) groups excluding carboxylic acids is 1. The third kappa shape index (κ3) is 5.95. The topological polar surface area (TPSA) is 52.3 Å². The molecule has 0 aliphatic rings. The summed E-state index contributed by atoms with van der Waals surface area (Å²) < 4.78 is 5.57. The fourth-order valence-corrected chi connectivity index (χ4v) is 1.64. The van der Waals surface area contributed by atoms with Crippen molar-refractivity contribution in [2.75, 3.05) is 6.61 Å². The molecular weight excluding hydrogens is 214 g/mol. The minimum Gasteiger partial charge on any atom is -0.494 e. The van der Waals surface area contributed by atoms with Gasteiger partial charge in [-0.05, 0) is 43.4 Å². The van der Waals surface area contributed by atoms with Crippen molar-refractivity contribution < 1.29 is 9.53 Å². The zero-order chi connectivity index (χ0) is 12.5. The summed E-state index contributed by atoms with van der Waals surface area (Å²) in [4.78, 5) is 10.6. The molecule has 0 unspecified atom stereocenters. The average Bonchev–Trinajstić information content (AvgIpc) is 2.32. The number of carbonyl (C=O) groups is 1. The van der Waals surface area contributed by atoms with E-state index >= 15 is 0 Å². The van der Waals surface area contributed by atoms with Crippen molar-refractivity contribution in [3.8, 4) is 5.75 Å². The van der Waals surface area contributed by atoms with Gasteiger partial charge in [-0.25, -0.2) is 0 Å². The first-order chi connectivity index (χ1) is 8.22. The van der Waals surface area contributed by atoms with Gasteiger partial charge in [0, 0.05) is 6.42 Å². The molecule has 3 heteroatoms. The van der Waals surface area contributed by atoms with E-state index in [1.807, 2.05) is 12.1 Å². The van der Waals surface area contributed by atoms with Gasteiger partial charge in [0.2, 0.25) is 5.91 Å². The van der Waals surface area contributed by atoms with Crippen LogP contribution in [0.2, 0.25) is 0 Å². The SMILES string of the molecule is CCCOc1cccc(CCCCC(N)=O)c1. The molecule has 2 N–H and O–H groups in total. The number of aryl methyl sites for hydroxylation is 1. The summed E-state index contributed by atoms with van der Waals surface area (Å²) >= 11 is 0. The first kappa shape index (κ1) is 13.6. The second kappa shape index (κ2) is 7.71.